The highest BCUT2D eigenvalue weighted by Gasteiger charge is 2.39. The summed E-state index contributed by atoms with van der Waals surface area (Å²) in [6.07, 6.45) is 6.30. The molecule has 2 N–H and O–H groups in total. The van der Waals surface area contributed by atoms with Gasteiger partial charge in [0, 0.05) is 19.0 Å². The van der Waals surface area contributed by atoms with Crippen LogP contribution in [0.15, 0.2) is 36.4 Å². The molecule has 0 aromatic heterocycles. The van der Waals surface area contributed by atoms with Gasteiger partial charge in [0.15, 0.2) is 0 Å². The van der Waals surface area contributed by atoms with Gasteiger partial charge in [0.25, 0.3) is 0 Å². The second-order valence-electron chi connectivity index (χ2n) is 10.1. The number of carbonyl (C=O) groups is 1. The summed E-state index contributed by atoms with van der Waals surface area (Å²) < 4.78 is 36.6. The third kappa shape index (κ3) is 6.01. The Kier molecular flexibility index (Phi) is 7.77. The molecule has 0 radical (unpaired) electrons. The lowest BCUT2D eigenvalue weighted by Crippen LogP contribution is -2.36. The molecule has 2 aliphatic rings. The maximum absolute atomic E-state index is 14.6. The quantitative estimate of drug-likeness (QED) is 0.418. The molecule has 8 heteroatoms. The zero-order chi connectivity index (χ0) is 25.2. The average molecular weight is 506 g/mol. The molecule has 1 saturated heterocycles. The molecule has 2 aromatic rings. The van der Waals surface area contributed by atoms with Crippen LogP contribution < -0.4 is 10.1 Å². The monoisotopic (exact) mass is 505 g/mol. The summed E-state index contributed by atoms with van der Waals surface area (Å²) in [5, 5.41) is 12.2. The predicted molar refractivity (Wildman–Crippen MR) is 132 cm³/mol. The van der Waals surface area contributed by atoms with Gasteiger partial charge in [0.1, 0.15) is 49.8 Å². The van der Waals surface area contributed by atoms with Crippen molar-refractivity contribution in [2.24, 2.45) is 5.92 Å². The third-order valence-electron chi connectivity index (χ3n) is 7.18. The van der Waals surface area contributed by atoms with Crippen molar-refractivity contribution in [1.82, 2.24) is 5.32 Å². The van der Waals surface area contributed by atoms with E-state index in [2.05, 4.69) is 11.5 Å². The highest BCUT2D eigenvalue weighted by atomic mass is 35.5. The molecule has 35 heavy (non-hydrogen) atoms. The highest BCUT2D eigenvalue weighted by molar-refractivity contribution is 6.31. The number of hydrogen-bond donors (Lipinski definition) is 2. The summed E-state index contributed by atoms with van der Waals surface area (Å²) in [6.45, 7) is 0.393. The number of aliphatic carboxylic acids is 1. The lowest BCUT2D eigenvalue weighted by atomic mass is 9.66. The van der Waals surface area contributed by atoms with Gasteiger partial charge >= 0.3 is 5.97 Å². The average Bonchev–Trinajstić information content (AvgIpc) is 3.27. The Morgan fingerprint density at radius 1 is 1.26 bits per heavy atom. The van der Waals surface area contributed by atoms with Crippen LogP contribution in [-0.4, -0.2) is 54.7 Å². The zero-order valence-electron chi connectivity index (χ0n) is 20.1. The number of carboxylic acid groups (broad SMARTS) is 1. The first-order valence-electron chi connectivity index (χ1n) is 12.0. The van der Waals surface area contributed by atoms with E-state index < -0.39 is 17.8 Å². The molecule has 2 aromatic carbocycles. The minimum absolute atomic E-state index is 0.104. The fourth-order valence-electron chi connectivity index (χ4n) is 5.50. The van der Waals surface area contributed by atoms with Crippen molar-refractivity contribution in [2.75, 3.05) is 20.6 Å². The summed E-state index contributed by atoms with van der Waals surface area (Å²) in [5.41, 5.74) is 1.44. The molecule has 2 fully saturated rings. The molecule has 1 aliphatic carbocycles. The van der Waals surface area contributed by atoms with Crippen LogP contribution in [0.25, 0.3) is 0 Å². The van der Waals surface area contributed by atoms with E-state index in [1.54, 1.807) is 18.2 Å². The van der Waals surface area contributed by atoms with Crippen molar-refractivity contribution in [3.05, 3.63) is 64.2 Å². The molecule has 5 nitrogen and oxygen atoms in total. The normalized spacial score (nSPS) is 26.4. The van der Waals surface area contributed by atoms with Crippen molar-refractivity contribution in [3.63, 3.8) is 0 Å². The van der Waals surface area contributed by atoms with Crippen molar-refractivity contribution in [3.8, 4) is 5.75 Å². The molecule has 0 unspecified atom stereocenters. The van der Waals surface area contributed by atoms with E-state index in [-0.39, 0.29) is 22.4 Å². The molecule has 188 valence electrons. The molecule has 1 heterocycles. The second kappa shape index (κ2) is 10.6. The van der Waals surface area contributed by atoms with Crippen LogP contribution >= 0.6 is 11.6 Å². The maximum atomic E-state index is 14.6. The van der Waals surface area contributed by atoms with Crippen LogP contribution in [0.2, 0.25) is 5.02 Å². The molecular formula is C27H32ClF2N2O3+. The topological polar surface area (TPSA) is 61.6 Å². The van der Waals surface area contributed by atoms with E-state index in [1.165, 1.54) is 12.1 Å². The first-order chi connectivity index (χ1) is 16.6. The Hall–Kier alpha value is -2.51. The number of hydrogen-bond acceptors (Lipinski definition) is 3. The van der Waals surface area contributed by atoms with E-state index in [0.29, 0.717) is 36.6 Å². The van der Waals surface area contributed by atoms with Crippen molar-refractivity contribution < 1.29 is 28.0 Å². The third-order valence-corrected chi connectivity index (χ3v) is 7.60. The first kappa shape index (κ1) is 25.6. The Bertz CT molecular complexity index is 1110. The summed E-state index contributed by atoms with van der Waals surface area (Å²) in [6, 6.07) is 9.23. The minimum atomic E-state index is -0.919. The van der Waals surface area contributed by atoms with Crippen LogP contribution in [0.4, 0.5) is 8.78 Å². The summed E-state index contributed by atoms with van der Waals surface area (Å²) in [5.74, 6) is -1.01. The number of ether oxygens (including phenoxy) is 1. The number of halogens is 3. The van der Waals surface area contributed by atoms with Gasteiger partial charge in [-0.25, -0.2) is 13.4 Å². The van der Waals surface area contributed by atoms with Gasteiger partial charge in [-0.1, -0.05) is 23.7 Å². The van der Waals surface area contributed by atoms with Crippen LogP contribution in [0.5, 0.6) is 5.75 Å². The second-order valence-corrected chi connectivity index (χ2v) is 10.4. The number of nitrogens with one attached hydrogen (secondary N) is 1. The number of nitrogens with zero attached hydrogens (tertiary/aromatic N) is 1. The Morgan fingerprint density at radius 3 is 2.63 bits per heavy atom. The van der Waals surface area contributed by atoms with Crippen molar-refractivity contribution >= 4 is 23.8 Å². The molecule has 0 bridgehead atoms. The van der Waals surface area contributed by atoms with Gasteiger partial charge in [-0.2, -0.15) is 0 Å². The summed E-state index contributed by atoms with van der Waals surface area (Å²) in [7, 11) is 3.97. The Morgan fingerprint density at radius 2 is 2.00 bits per heavy atom. The van der Waals surface area contributed by atoms with Crippen LogP contribution in [-0.2, 0) is 16.6 Å². The molecule has 0 spiro atoms. The van der Waals surface area contributed by atoms with Gasteiger partial charge in [-0.05, 0) is 67.3 Å². The molecule has 2 atom stereocenters. The van der Waals surface area contributed by atoms with E-state index in [0.717, 1.165) is 31.2 Å². The molecule has 1 aliphatic heterocycles. The van der Waals surface area contributed by atoms with E-state index >= 15 is 0 Å². The van der Waals surface area contributed by atoms with Gasteiger partial charge in [0.2, 0.25) is 0 Å². The number of rotatable bonds is 7. The van der Waals surface area contributed by atoms with Crippen LogP contribution in [0, 0.1) is 17.6 Å². The fourth-order valence-corrected chi connectivity index (χ4v) is 5.69. The molecule has 4 rings (SSSR count). The lowest BCUT2D eigenvalue weighted by Gasteiger charge is -2.36. The van der Waals surface area contributed by atoms with E-state index in [4.69, 9.17) is 21.4 Å². The maximum Gasteiger partial charge on any atom is 0.320 e. The molecule has 1 saturated carbocycles. The van der Waals surface area contributed by atoms with E-state index in [9.17, 15) is 13.6 Å². The predicted octanol–water partition coefficient (Wildman–Crippen LogP) is 4.83. The molecule has 0 amide bonds. The standard InChI is InChI=1S/C27H31ClF2N2O3/c1-32(2)16-27(19-4-3-5-20(29)12-19)8-6-17(7-9-27)10-18-11-21(13-23(30)25(18)28)35-22-14-24(26(33)34)31-15-22/h3-5,11-13,16-17,22,24,31H,6-10,14-15H2,1-2H3/p+1/t17?,22-,24-,27?/m0/s1. The smallest absolute Gasteiger partial charge is 0.320 e. The highest BCUT2D eigenvalue weighted by Crippen LogP contribution is 2.42. The first-order valence-corrected chi connectivity index (χ1v) is 12.4. The Labute approximate surface area is 209 Å². The number of benzene rings is 2. The fraction of sp³-hybridized carbons (Fsp3) is 0.481. The van der Waals surface area contributed by atoms with Gasteiger partial charge in [-0.15, -0.1) is 0 Å². The minimum Gasteiger partial charge on any atom is -0.489 e. The van der Waals surface area contributed by atoms with Gasteiger partial charge in [-0.3, -0.25) is 4.79 Å². The van der Waals surface area contributed by atoms with Gasteiger partial charge < -0.3 is 15.2 Å². The van der Waals surface area contributed by atoms with Crippen LogP contribution in [0.3, 0.4) is 0 Å². The number of carboxylic acids is 1. The van der Waals surface area contributed by atoms with Crippen molar-refractivity contribution in [2.45, 2.75) is 56.1 Å². The summed E-state index contributed by atoms with van der Waals surface area (Å²) in [4.78, 5) is 11.2. The zero-order valence-corrected chi connectivity index (χ0v) is 20.8. The van der Waals surface area contributed by atoms with E-state index in [1.807, 2.05) is 24.7 Å². The largest absolute Gasteiger partial charge is 0.489 e. The van der Waals surface area contributed by atoms with Gasteiger partial charge in [0.05, 0.1) is 10.4 Å². The summed E-state index contributed by atoms with van der Waals surface area (Å²) >= 11 is 6.33. The Balaban J connectivity index is 1.46. The van der Waals surface area contributed by atoms with Crippen LogP contribution in [0.1, 0.15) is 43.2 Å². The molecular weight excluding hydrogens is 474 g/mol. The van der Waals surface area contributed by atoms with Crippen molar-refractivity contribution in [1.29, 1.82) is 0 Å². The lowest BCUT2D eigenvalue weighted by molar-refractivity contribution is -0.462. The SMILES string of the molecule is C[N+](C)=CC1(c2cccc(F)c2)CCC(Cc2cc(O[C@@H]3CN[C@H](C(=O)O)C3)cc(F)c2Cl)CC1.